The van der Waals surface area contributed by atoms with Crippen molar-refractivity contribution >= 4 is 22.9 Å². The zero-order chi connectivity index (χ0) is 16.6. The maximum atomic E-state index is 9.37. The normalized spacial score (nSPS) is 23.9. The Hall–Kier alpha value is -2.62. The summed E-state index contributed by atoms with van der Waals surface area (Å²) < 4.78 is 7.48. The van der Waals surface area contributed by atoms with Crippen LogP contribution in [0.5, 0.6) is 0 Å². The average Bonchev–Trinajstić information content (AvgIpc) is 3.10. The van der Waals surface area contributed by atoms with Gasteiger partial charge in [0.1, 0.15) is 6.23 Å². The molecule has 11 nitrogen and oxygen atoms in total. The number of ether oxygens (including phenoxy) is 1. The molecule has 3 rings (SSSR count). The summed E-state index contributed by atoms with van der Waals surface area (Å²) in [6.45, 7) is -0.229. The van der Waals surface area contributed by atoms with E-state index < -0.39 is 18.4 Å². The molecule has 1 aliphatic rings. The van der Waals surface area contributed by atoms with Crippen LogP contribution in [0, 0.1) is 0 Å². The van der Waals surface area contributed by atoms with Gasteiger partial charge in [0, 0.05) is 25.4 Å². The van der Waals surface area contributed by atoms with Gasteiger partial charge in [-0.15, -0.1) is 0 Å². The maximum Gasteiger partial charge on any atom is 0.224 e. The molecule has 0 aromatic carbocycles. The van der Waals surface area contributed by atoms with E-state index in [9.17, 15) is 5.11 Å². The molecule has 0 saturated carbocycles. The molecule has 3 heterocycles. The van der Waals surface area contributed by atoms with Crippen LogP contribution in [0.4, 0.5) is 11.8 Å². The highest BCUT2D eigenvalue weighted by molar-refractivity contribution is 5.84. The molecule has 2 aromatic rings. The Bertz CT molecular complexity index is 767. The molecule has 2 aromatic heterocycles. The molecule has 3 atom stereocenters. The number of nitrogens with zero attached hydrogens (tertiary/aromatic N) is 8. The van der Waals surface area contributed by atoms with E-state index in [0.717, 1.165) is 0 Å². The van der Waals surface area contributed by atoms with Crippen LogP contribution in [-0.4, -0.2) is 57.5 Å². The topological polar surface area (TPSA) is 151 Å². The fourth-order valence-corrected chi connectivity index (χ4v) is 2.68. The van der Waals surface area contributed by atoms with Gasteiger partial charge in [0.2, 0.25) is 5.95 Å². The van der Waals surface area contributed by atoms with E-state index in [0.29, 0.717) is 23.4 Å². The Balaban J connectivity index is 2.03. The third kappa shape index (κ3) is 2.61. The number of aliphatic hydroxyl groups is 1. The molecule has 1 fully saturated rings. The van der Waals surface area contributed by atoms with Crippen molar-refractivity contribution in [2.24, 2.45) is 5.11 Å². The van der Waals surface area contributed by atoms with Crippen LogP contribution < -0.4 is 10.6 Å². The summed E-state index contributed by atoms with van der Waals surface area (Å²) in [5.74, 6) is 0.737. The number of aliphatic hydroxyl groups excluding tert-OH is 1. The first-order chi connectivity index (χ1) is 11.0. The number of aromatic nitrogens is 4. The van der Waals surface area contributed by atoms with Crippen LogP contribution in [0.25, 0.3) is 21.6 Å². The molecule has 0 amide bonds. The molecule has 0 spiro atoms. The summed E-state index contributed by atoms with van der Waals surface area (Å²) in [4.78, 5) is 17.4. The smallest absolute Gasteiger partial charge is 0.224 e. The van der Waals surface area contributed by atoms with Crippen molar-refractivity contribution in [2.75, 3.05) is 31.3 Å². The molecule has 0 unspecified atom stereocenters. The number of azide groups is 1. The maximum absolute atomic E-state index is 9.37. The molecule has 0 radical (unpaired) electrons. The summed E-state index contributed by atoms with van der Waals surface area (Å²) in [5, 5.41) is 13.0. The fraction of sp³-hybridized carbons (Fsp3) is 0.583. The number of rotatable bonds is 4. The average molecular weight is 319 g/mol. The molecular formula is C12H17N9O2. The third-order valence-corrected chi connectivity index (χ3v) is 3.74. The standard InChI is InChI=1S/C12H17N9O2/c1-20(2)10-9-11(17-12(13)16-10)21(5-15-9)8-3-6(18-19-14)7(4-22)23-8/h5-8,22H,3-4H2,1-2H3,(H2,13,16,17)/t6-,7+,8+/m0/s1. The molecule has 0 aliphatic carbocycles. The second-order valence-electron chi connectivity index (χ2n) is 5.44. The van der Waals surface area contributed by atoms with Crippen molar-refractivity contribution in [2.45, 2.75) is 24.8 Å². The summed E-state index contributed by atoms with van der Waals surface area (Å²) in [6.07, 6.45) is 1.00. The van der Waals surface area contributed by atoms with Gasteiger partial charge in [0.05, 0.1) is 25.1 Å². The predicted octanol–water partition coefficient (Wildman–Crippen LogP) is 0.433. The van der Waals surface area contributed by atoms with Gasteiger partial charge >= 0.3 is 0 Å². The highest BCUT2D eigenvalue weighted by Crippen LogP contribution is 2.33. The molecule has 122 valence electrons. The van der Waals surface area contributed by atoms with E-state index >= 15 is 0 Å². The van der Waals surface area contributed by atoms with E-state index in [1.807, 2.05) is 14.1 Å². The van der Waals surface area contributed by atoms with E-state index in [4.69, 9.17) is 16.0 Å². The van der Waals surface area contributed by atoms with Crippen LogP contribution in [0.2, 0.25) is 0 Å². The quantitative estimate of drug-likeness (QED) is 0.471. The first-order valence-electron chi connectivity index (χ1n) is 7.03. The van der Waals surface area contributed by atoms with Gasteiger partial charge in [0.15, 0.2) is 17.0 Å². The summed E-state index contributed by atoms with van der Waals surface area (Å²) in [6, 6.07) is -0.444. The predicted molar refractivity (Wildman–Crippen MR) is 82.6 cm³/mol. The molecule has 23 heavy (non-hydrogen) atoms. The number of fused-ring (bicyclic) bond motifs is 1. The minimum absolute atomic E-state index is 0.131. The van der Waals surface area contributed by atoms with E-state index in [-0.39, 0.29) is 12.6 Å². The first-order valence-corrected chi connectivity index (χ1v) is 7.03. The fourth-order valence-electron chi connectivity index (χ4n) is 2.68. The van der Waals surface area contributed by atoms with E-state index in [1.54, 1.807) is 15.8 Å². The number of hydrogen-bond acceptors (Lipinski definition) is 8. The van der Waals surface area contributed by atoms with Crippen LogP contribution >= 0.6 is 0 Å². The van der Waals surface area contributed by atoms with Crippen molar-refractivity contribution in [3.63, 3.8) is 0 Å². The Kier molecular flexibility index (Phi) is 3.90. The van der Waals surface area contributed by atoms with Crippen molar-refractivity contribution in [3.8, 4) is 0 Å². The first kappa shape index (κ1) is 15.3. The Labute approximate surface area is 131 Å². The minimum atomic E-state index is -0.555. The number of hydrogen-bond donors (Lipinski definition) is 2. The zero-order valence-corrected chi connectivity index (χ0v) is 12.7. The lowest BCUT2D eigenvalue weighted by Gasteiger charge is -2.15. The van der Waals surface area contributed by atoms with Crippen molar-refractivity contribution < 1.29 is 9.84 Å². The number of nitrogens with two attached hydrogens (primary N) is 1. The monoisotopic (exact) mass is 319 g/mol. The van der Waals surface area contributed by atoms with Crippen molar-refractivity contribution in [1.29, 1.82) is 0 Å². The van der Waals surface area contributed by atoms with Gasteiger partial charge < -0.3 is 20.5 Å². The molecule has 1 saturated heterocycles. The van der Waals surface area contributed by atoms with Crippen LogP contribution in [0.3, 0.4) is 0 Å². The summed E-state index contributed by atoms with van der Waals surface area (Å²) >= 11 is 0. The van der Waals surface area contributed by atoms with Gasteiger partial charge in [-0.25, -0.2) is 4.98 Å². The Morgan fingerprint density at radius 3 is 3.00 bits per heavy atom. The van der Waals surface area contributed by atoms with Crippen molar-refractivity contribution in [1.82, 2.24) is 19.5 Å². The van der Waals surface area contributed by atoms with Gasteiger partial charge in [-0.2, -0.15) is 9.97 Å². The minimum Gasteiger partial charge on any atom is -0.394 e. The lowest BCUT2D eigenvalue weighted by molar-refractivity contribution is -0.0232. The molecular weight excluding hydrogens is 302 g/mol. The third-order valence-electron chi connectivity index (χ3n) is 3.74. The van der Waals surface area contributed by atoms with Crippen LogP contribution in [0.1, 0.15) is 12.6 Å². The lowest BCUT2D eigenvalue weighted by Crippen LogP contribution is -2.22. The molecule has 0 bridgehead atoms. The number of imidazole rings is 1. The highest BCUT2D eigenvalue weighted by Gasteiger charge is 2.36. The highest BCUT2D eigenvalue weighted by atomic mass is 16.5. The Morgan fingerprint density at radius 2 is 2.35 bits per heavy atom. The van der Waals surface area contributed by atoms with Gasteiger partial charge in [-0.05, 0) is 5.53 Å². The molecule has 3 N–H and O–H groups in total. The van der Waals surface area contributed by atoms with Crippen LogP contribution in [-0.2, 0) is 4.74 Å². The zero-order valence-electron chi connectivity index (χ0n) is 12.7. The van der Waals surface area contributed by atoms with Crippen molar-refractivity contribution in [3.05, 3.63) is 16.8 Å². The van der Waals surface area contributed by atoms with Gasteiger partial charge in [-0.1, -0.05) is 5.11 Å². The lowest BCUT2D eigenvalue weighted by atomic mass is 10.1. The van der Waals surface area contributed by atoms with E-state index in [2.05, 4.69) is 25.0 Å². The van der Waals surface area contributed by atoms with Gasteiger partial charge in [-0.3, -0.25) is 4.57 Å². The summed E-state index contributed by atoms with van der Waals surface area (Å²) in [5.41, 5.74) is 15.5. The van der Waals surface area contributed by atoms with E-state index in [1.165, 1.54) is 0 Å². The van der Waals surface area contributed by atoms with Crippen LogP contribution in [0.15, 0.2) is 11.4 Å². The second kappa shape index (κ2) is 5.88. The number of anilines is 2. The SMILES string of the molecule is CN(C)c1nc(N)nc2c1ncn2[C@H]1C[C@H](N=[N+]=[N-])[C@@H](CO)O1. The Morgan fingerprint density at radius 1 is 1.57 bits per heavy atom. The second-order valence-corrected chi connectivity index (χ2v) is 5.44. The molecule has 11 heteroatoms. The number of nitrogen functional groups attached to an aromatic ring is 1. The molecule has 1 aliphatic heterocycles. The largest absolute Gasteiger partial charge is 0.394 e. The van der Waals surface area contributed by atoms with Gasteiger partial charge in [0.25, 0.3) is 0 Å². The summed E-state index contributed by atoms with van der Waals surface area (Å²) in [7, 11) is 3.68.